The lowest BCUT2D eigenvalue weighted by Gasteiger charge is -2.12. The molecular formula is C28H31N3O3. The molecule has 0 aliphatic carbocycles. The van der Waals surface area contributed by atoms with Gasteiger partial charge in [-0.3, -0.25) is 4.79 Å². The fourth-order valence-corrected chi connectivity index (χ4v) is 4.59. The number of hydrogen-bond acceptors (Lipinski definition) is 4. The lowest BCUT2D eigenvalue weighted by molar-refractivity contribution is -0.130. The number of ether oxygens (including phenoxy) is 2. The highest BCUT2D eigenvalue weighted by atomic mass is 16.5. The van der Waals surface area contributed by atoms with Crippen molar-refractivity contribution >= 4 is 27.7 Å². The number of aryl methyl sites for hydroxylation is 2. The van der Waals surface area contributed by atoms with Gasteiger partial charge < -0.3 is 19.4 Å². The molecule has 0 bridgehead atoms. The van der Waals surface area contributed by atoms with Gasteiger partial charge >= 0.3 is 0 Å². The summed E-state index contributed by atoms with van der Waals surface area (Å²) in [6.07, 6.45) is 4.06. The van der Waals surface area contributed by atoms with Gasteiger partial charge in [-0.25, -0.2) is 4.98 Å². The van der Waals surface area contributed by atoms with E-state index in [2.05, 4.69) is 52.3 Å². The van der Waals surface area contributed by atoms with E-state index in [-0.39, 0.29) is 12.0 Å². The molecular weight excluding hydrogens is 426 g/mol. The number of amides is 1. The molecule has 1 aromatic heterocycles. The van der Waals surface area contributed by atoms with Crippen molar-refractivity contribution in [3.8, 4) is 5.75 Å². The number of nitrogens with one attached hydrogen (secondary N) is 1. The Kier molecular flexibility index (Phi) is 7.05. The maximum atomic E-state index is 12.2. The predicted molar refractivity (Wildman–Crippen MR) is 134 cm³/mol. The molecule has 1 N–H and O–H groups in total. The average Bonchev–Trinajstić information content (AvgIpc) is 3.53. The van der Waals surface area contributed by atoms with E-state index in [0.29, 0.717) is 19.8 Å². The number of para-hydroxylation sites is 2. The van der Waals surface area contributed by atoms with E-state index in [1.54, 1.807) is 0 Å². The van der Waals surface area contributed by atoms with E-state index in [9.17, 15) is 4.79 Å². The summed E-state index contributed by atoms with van der Waals surface area (Å²) < 4.78 is 13.8. The first kappa shape index (κ1) is 22.4. The normalized spacial score (nSPS) is 15.7. The number of carbonyl (C=O) groups is 1. The van der Waals surface area contributed by atoms with Crippen molar-refractivity contribution in [2.45, 2.75) is 44.8 Å². The molecule has 3 aromatic carbocycles. The molecule has 4 aromatic rings. The molecule has 0 saturated carbocycles. The fraction of sp³-hybridized carbons (Fsp3) is 0.357. The first-order chi connectivity index (χ1) is 16.8. The smallest absolute Gasteiger partial charge is 0.249 e. The second-order valence-electron chi connectivity index (χ2n) is 8.78. The van der Waals surface area contributed by atoms with Gasteiger partial charge in [-0.05, 0) is 60.7 Å². The zero-order valence-electron chi connectivity index (χ0n) is 19.4. The number of imidazole rings is 1. The monoisotopic (exact) mass is 457 g/mol. The molecule has 1 atom stereocenters. The molecule has 34 heavy (non-hydrogen) atoms. The number of benzene rings is 3. The molecule has 1 unspecified atom stereocenters. The summed E-state index contributed by atoms with van der Waals surface area (Å²) in [5.41, 5.74) is 2.16. The van der Waals surface area contributed by atoms with Crippen molar-refractivity contribution in [3.63, 3.8) is 0 Å². The number of nitrogens with zero attached hydrogens (tertiary/aromatic N) is 2. The predicted octanol–water partition coefficient (Wildman–Crippen LogP) is 4.89. The Labute approximate surface area is 199 Å². The average molecular weight is 458 g/mol. The lowest BCUT2D eigenvalue weighted by Crippen LogP contribution is -2.34. The highest BCUT2D eigenvalue weighted by molar-refractivity contribution is 5.83. The standard InChI is InChI=1S/C28H31N3O3/c32-28(26-12-6-18-34-26)29-16-5-13-27-30-24-10-3-4-11-25(24)31(27)17-7-19-33-23-15-14-21-8-1-2-9-22(21)20-23/h1-4,8-11,14-15,20,26H,5-7,12-13,16-19H2,(H,29,32). The van der Waals surface area contributed by atoms with Crippen LogP contribution in [0.2, 0.25) is 0 Å². The molecule has 6 heteroatoms. The lowest BCUT2D eigenvalue weighted by atomic mass is 10.1. The van der Waals surface area contributed by atoms with Crippen LogP contribution in [0.25, 0.3) is 21.8 Å². The number of carbonyl (C=O) groups excluding carboxylic acids is 1. The first-order valence-electron chi connectivity index (χ1n) is 12.2. The van der Waals surface area contributed by atoms with Gasteiger partial charge in [0.25, 0.3) is 0 Å². The molecule has 176 valence electrons. The second-order valence-corrected chi connectivity index (χ2v) is 8.78. The van der Waals surface area contributed by atoms with Crippen molar-refractivity contribution in [1.82, 2.24) is 14.9 Å². The molecule has 6 nitrogen and oxygen atoms in total. The maximum Gasteiger partial charge on any atom is 0.249 e. The number of aromatic nitrogens is 2. The van der Waals surface area contributed by atoms with Crippen molar-refractivity contribution in [1.29, 1.82) is 0 Å². The molecule has 1 aliphatic rings. The topological polar surface area (TPSA) is 65.4 Å². The zero-order chi connectivity index (χ0) is 23.2. The molecule has 5 rings (SSSR count). The number of rotatable bonds is 10. The van der Waals surface area contributed by atoms with Gasteiger partial charge in [-0.15, -0.1) is 0 Å². The van der Waals surface area contributed by atoms with Gasteiger partial charge in [0.05, 0.1) is 17.6 Å². The molecule has 0 radical (unpaired) electrons. The van der Waals surface area contributed by atoms with E-state index < -0.39 is 0 Å². The third-order valence-corrected chi connectivity index (χ3v) is 6.35. The van der Waals surface area contributed by atoms with Crippen LogP contribution < -0.4 is 10.1 Å². The van der Waals surface area contributed by atoms with Crippen LogP contribution in [0.1, 0.15) is 31.5 Å². The quantitative estimate of drug-likeness (QED) is 0.345. The molecule has 1 saturated heterocycles. The molecule has 1 amide bonds. The van der Waals surface area contributed by atoms with Crippen LogP contribution in [0, 0.1) is 0 Å². The molecule has 1 fully saturated rings. The van der Waals surface area contributed by atoms with Crippen molar-refractivity contribution in [2.75, 3.05) is 19.8 Å². The summed E-state index contributed by atoms with van der Waals surface area (Å²) in [4.78, 5) is 17.0. The Morgan fingerprint density at radius 3 is 2.79 bits per heavy atom. The minimum Gasteiger partial charge on any atom is -0.494 e. The minimum atomic E-state index is -0.271. The van der Waals surface area contributed by atoms with Gasteiger partial charge in [-0.2, -0.15) is 0 Å². The third-order valence-electron chi connectivity index (χ3n) is 6.35. The van der Waals surface area contributed by atoms with E-state index in [0.717, 1.165) is 61.3 Å². The molecule has 2 heterocycles. The Hall–Kier alpha value is -3.38. The highest BCUT2D eigenvalue weighted by Crippen LogP contribution is 2.21. The van der Waals surface area contributed by atoms with Gasteiger partial charge in [0.15, 0.2) is 0 Å². The first-order valence-corrected chi connectivity index (χ1v) is 12.2. The summed E-state index contributed by atoms with van der Waals surface area (Å²) in [5.74, 6) is 1.96. The van der Waals surface area contributed by atoms with Gasteiger partial charge in [-0.1, -0.05) is 42.5 Å². The number of fused-ring (bicyclic) bond motifs is 2. The van der Waals surface area contributed by atoms with Crippen LogP contribution in [0.15, 0.2) is 66.7 Å². The molecule has 1 aliphatic heterocycles. The Morgan fingerprint density at radius 1 is 1.06 bits per heavy atom. The van der Waals surface area contributed by atoms with Gasteiger partial charge in [0.1, 0.15) is 17.7 Å². The van der Waals surface area contributed by atoms with E-state index in [1.165, 1.54) is 10.8 Å². The van der Waals surface area contributed by atoms with Gasteiger partial charge in [0, 0.05) is 26.1 Å². The van der Waals surface area contributed by atoms with Gasteiger partial charge in [0.2, 0.25) is 5.91 Å². The third kappa shape index (κ3) is 5.23. The SMILES string of the molecule is O=C(NCCCc1nc2ccccc2n1CCCOc1ccc2ccccc2c1)C1CCCO1. The van der Waals surface area contributed by atoms with Crippen LogP contribution in [-0.4, -0.2) is 41.3 Å². The van der Waals surface area contributed by atoms with Crippen LogP contribution >= 0.6 is 0 Å². The van der Waals surface area contributed by atoms with Crippen LogP contribution in [0.3, 0.4) is 0 Å². The van der Waals surface area contributed by atoms with Crippen molar-refractivity contribution in [3.05, 3.63) is 72.6 Å². The minimum absolute atomic E-state index is 0.0110. The largest absolute Gasteiger partial charge is 0.494 e. The highest BCUT2D eigenvalue weighted by Gasteiger charge is 2.22. The summed E-state index contributed by atoms with van der Waals surface area (Å²) in [6.45, 7) is 2.80. The van der Waals surface area contributed by atoms with Crippen LogP contribution in [0.4, 0.5) is 0 Å². The Balaban J connectivity index is 1.16. The zero-order valence-corrected chi connectivity index (χ0v) is 19.4. The van der Waals surface area contributed by atoms with Crippen molar-refractivity contribution < 1.29 is 14.3 Å². The second kappa shape index (κ2) is 10.7. The Bertz CT molecular complexity index is 1260. The van der Waals surface area contributed by atoms with E-state index >= 15 is 0 Å². The summed E-state index contributed by atoms with van der Waals surface area (Å²) in [7, 11) is 0. The summed E-state index contributed by atoms with van der Waals surface area (Å²) >= 11 is 0. The van der Waals surface area contributed by atoms with Crippen LogP contribution in [-0.2, 0) is 22.5 Å². The van der Waals surface area contributed by atoms with E-state index in [1.807, 2.05) is 24.3 Å². The van der Waals surface area contributed by atoms with Crippen molar-refractivity contribution in [2.24, 2.45) is 0 Å². The Morgan fingerprint density at radius 2 is 1.91 bits per heavy atom. The van der Waals surface area contributed by atoms with Crippen LogP contribution in [0.5, 0.6) is 5.75 Å². The maximum absolute atomic E-state index is 12.2. The van der Waals surface area contributed by atoms with E-state index in [4.69, 9.17) is 14.5 Å². The molecule has 0 spiro atoms. The summed E-state index contributed by atoms with van der Waals surface area (Å²) in [6, 6.07) is 22.8. The summed E-state index contributed by atoms with van der Waals surface area (Å²) in [5, 5.41) is 5.42. The number of hydrogen-bond donors (Lipinski definition) is 1. The fourth-order valence-electron chi connectivity index (χ4n) is 4.59.